The van der Waals surface area contributed by atoms with Crippen molar-refractivity contribution in [2.24, 2.45) is 0 Å². The summed E-state index contributed by atoms with van der Waals surface area (Å²) >= 11 is 2.20. The Morgan fingerprint density at radius 3 is 2.32 bits per heavy atom. The predicted octanol–water partition coefficient (Wildman–Crippen LogP) is 5.90. The van der Waals surface area contributed by atoms with Gasteiger partial charge in [-0.1, -0.05) is 67.8 Å². The van der Waals surface area contributed by atoms with Crippen LogP contribution in [0.3, 0.4) is 0 Å². The summed E-state index contributed by atoms with van der Waals surface area (Å²) in [7, 11) is 0. The maximum Gasteiger partial charge on any atom is 0.261 e. The number of amides is 2. The molecule has 2 amide bonds. The largest absolute Gasteiger partial charge is 0.484 e. The van der Waals surface area contributed by atoms with E-state index in [0.29, 0.717) is 17.7 Å². The van der Waals surface area contributed by atoms with Gasteiger partial charge in [-0.2, -0.15) is 0 Å². The molecule has 4 rings (SSSR count). The van der Waals surface area contributed by atoms with Crippen molar-refractivity contribution in [1.29, 1.82) is 0 Å². The molecule has 7 heteroatoms. The Labute approximate surface area is 231 Å². The van der Waals surface area contributed by atoms with Gasteiger partial charge in [0.1, 0.15) is 17.6 Å². The number of rotatable bonds is 10. The maximum absolute atomic E-state index is 14.7. The van der Waals surface area contributed by atoms with Crippen molar-refractivity contribution < 1.29 is 18.7 Å². The van der Waals surface area contributed by atoms with Crippen molar-refractivity contribution in [1.82, 2.24) is 10.2 Å². The van der Waals surface area contributed by atoms with Gasteiger partial charge in [-0.25, -0.2) is 4.39 Å². The van der Waals surface area contributed by atoms with E-state index in [4.69, 9.17) is 4.74 Å². The fraction of sp³-hybridized carbons (Fsp3) is 0.333. The van der Waals surface area contributed by atoms with Gasteiger partial charge in [-0.3, -0.25) is 9.59 Å². The SMILES string of the molecule is O=C(NC1CCCCC1)[C@H](Cc1ccccc1)N(Cc1ccccc1F)C(=O)COc1ccc(I)cc1. The third-order valence-electron chi connectivity index (χ3n) is 6.70. The minimum absolute atomic E-state index is 0.0306. The number of carbonyl (C=O) groups excluding carboxylic acids is 2. The van der Waals surface area contributed by atoms with Gasteiger partial charge < -0.3 is 15.0 Å². The summed E-state index contributed by atoms with van der Waals surface area (Å²) in [6, 6.07) is 22.7. The van der Waals surface area contributed by atoms with Crippen LogP contribution in [-0.4, -0.2) is 35.4 Å². The van der Waals surface area contributed by atoms with Crippen molar-refractivity contribution in [2.75, 3.05) is 6.61 Å². The van der Waals surface area contributed by atoms with Crippen LogP contribution < -0.4 is 10.1 Å². The van der Waals surface area contributed by atoms with E-state index >= 15 is 0 Å². The van der Waals surface area contributed by atoms with Crippen LogP contribution in [0.4, 0.5) is 4.39 Å². The first kappa shape index (κ1) is 27.1. The van der Waals surface area contributed by atoms with Crippen LogP contribution in [0, 0.1) is 9.39 Å². The molecular weight excluding hydrogens is 582 g/mol. The molecule has 37 heavy (non-hydrogen) atoms. The molecule has 1 fully saturated rings. The van der Waals surface area contributed by atoms with Crippen LogP contribution >= 0.6 is 22.6 Å². The molecule has 3 aromatic carbocycles. The number of hydrogen-bond donors (Lipinski definition) is 1. The zero-order valence-electron chi connectivity index (χ0n) is 20.7. The van der Waals surface area contributed by atoms with E-state index in [0.717, 1.165) is 34.8 Å². The first-order chi connectivity index (χ1) is 18.0. The molecule has 0 spiro atoms. The molecular formula is C30H32FIN2O3. The van der Waals surface area contributed by atoms with Gasteiger partial charge in [-0.15, -0.1) is 0 Å². The number of nitrogens with zero attached hydrogens (tertiary/aromatic N) is 1. The highest BCUT2D eigenvalue weighted by Crippen LogP contribution is 2.21. The van der Waals surface area contributed by atoms with Gasteiger partial charge in [-0.05, 0) is 71.3 Å². The van der Waals surface area contributed by atoms with E-state index in [2.05, 4.69) is 27.9 Å². The summed E-state index contributed by atoms with van der Waals surface area (Å²) in [6.45, 7) is -0.284. The monoisotopic (exact) mass is 614 g/mol. The minimum Gasteiger partial charge on any atom is -0.484 e. The van der Waals surface area contributed by atoms with E-state index in [1.165, 1.54) is 17.4 Å². The molecule has 194 valence electrons. The Balaban J connectivity index is 1.61. The second-order valence-corrected chi connectivity index (χ2v) is 10.7. The lowest BCUT2D eigenvalue weighted by Crippen LogP contribution is -2.53. The summed E-state index contributed by atoms with van der Waals surface area (Å²) in [6.07, 6.45) is 5.52. The standard InChI is InChI=1S/C30H32FIN2O3/c31-27-14-8-7-11-23(27)20-34(29(35)21-37-26-17-15-24(32)16-18-26)28(19-22-9-3-1-4-10-22)30(36)33-25-12-5-2-6-13-25/h1,3-4,7-11,14-18,25,28H,2,5-6,12-13,19-21H2,(H,33,36)/t28-/m0/s1. The Hall–Kier alpha value is -2.94. The third kappa shape index (κ3) is 8.02. The molecule has 1 atom stereocenters. The first-order valence-corrected chi connectivity index (χ1v) is 13.8. The highest BCUT2D eigenvalue weighted by atomic mass is 127. The van der Waals surface area contributed by atoms with E-state index in [-0.39, 0.29) is 31.0 Å². The first-order valence-electron chi connectivity index (χ1n) is 12.7. The number of hydrogen-bond acceptors (Lipinski definition) is 3. The smallest absolute Gasteiger partial charge is 0.261 e. The number of ether oxygens (including phenoxy) is 1. The summed E-state index contributed by atoms with van der Waals surface area (Å²) in [4.78, 5) is 28.8. The Morgan fingerprint density at radius 2 is 1.62 bits per heavy atom. The summed E-state index contributed by atoms with van der Waals surface area (Å²) in [5.74, 6) is -0.438. The normalized spacial score (nSPS) is 14.5. The Kier molecular flexibility index (Phi) is 9.93. The second-order valence-electron chi connectivity index (χ2n) is 9.40. The summed E-state index contributed by atoms with van der Waals surface area (Å²) < 4.78 is 21.5. The molecule has 0 saturated heterocycles. The van der Waals surface area contributed by atoms with Gasteiger partial charge in [0.25, 0.3) is 5.91 Å². The molecule has 5 nitrogen and oxygen atoms in total. The van der Waals surface area contributed by atoms with Crippen LogP contribution in [0.25, 0.3) is 0 Å². The van der Waals surface area contributed by atoms with Gasteiger partial charge in [0.15, 0.2) is 6.61 Å². The lowest BCUT2D eigenvalue weighted by molar-refractivity contribution is -0.143. The molecule has 0 radical (unpaired) electrons. The Morgan fingerprint density at radius 1 is 0.946 bits per heavy atom. The molecule has 1 aliphatic rings. The van der Waals surface area contributed by atoms with Crippen LogP contribution in [0.2, 0.25) is 0 Å². The predicted molar refractivity (Wildman–Crippen MR) is 151 cm³/mol. The van der Waals surface area contributed by atoms with Gasteiger partial charge in [0.2, 0.25) is 5.91 Å². The molecule has 1 N–H and O–H groups in total. The molecule has 0 bridgehead atoms. The molecule has 0 aliphatic heterocycles. The molecule has 3 aromatic rings. The minimum atomic E-state index is -0.809. The molecule has 0 aromatic heterocycles. The van der Waals surface area contributed by atoms with Crippen LogP contribution in [0.5, 0.6) is 5.75 Å². The fourth-order valence-electron chi connectivity index (χ4n) is 4.67. The van der Waals surface area contributed by atoms with Crippen LogP contribution in [-0.2, 0) is 22.6 Å². The van der Waals surface area contributed by atoms with Gasteiger partial charge >= 0.3 is 0 Å². The maximum atomic E-state index is 14.7. The second kappa shape index (κ2) is 13.6. The van der Waals surface area contributed by atoms with E-state index in [1.807, 2.05) is 42.5 Å². The van der Waals surface area contributed by atoms with Crippen LogP contribution in [0.1, 0.15) is 43.2 Å². The van der Waals surface area contributed by atoms with Crippen molar-refractivity contribution >= 4 is 34.4 Å². The Bertz CT molecular complexity index is 1170. The molecule has 1 saturated carbocycles. The van der Waals surface area contributed by atoms with Gasteiger partial charge in [0, 0.05) is 28.1 Å². The molecule has 1 aliphatic carbocycles. The number of benzene rings is 3. The lowest BCUT2D eigenvalue weighted by atomic mass is 9.94. The highest BCUT2D eigenvalue weighted by Gasteiger charge is 2.32. The fourth-order valence-corrected chi connectivity index (χ4v) is 5.03. The van der Waals surface area contributed by atoms with Crippen LogP contribution in [0.15, 0.2) is 78.9 Å². The summed E-state index contributed by atoms with van der Waals surface area (Å²) in [5, 5.41) is 3.19. The number of halogens is 2. The quantitative estimate of drug-likeness (QED) is 0.290. The number of carbonyl (C=O) groups is 2. The van der Waals surface area contributed by atoms with Crippen molar-refractivity contribution in [3.8, 4) is 5.75 Å². The average molecular weight is 614 g/mol. The van der Waals surface area contributed by atoms with Crippen molar-refractivity contribution in [3.63, 3.8) is 0 Å². The topological polar surface area (TPSA) is 58.6 Å². The zero-order chi connectivity index (χ0) is 26.0. The van der Waals surface area contributed by atoms with E-state index in [1.54, 1.807) is 30.3 Å². The zero-order valence-corrected chi connectivity index (χ0v) is 22.9. The third-order valence-corrected chi connectivity index (χ3v) is 7.42. The van der Waals surface area contributed by atoms with Crippen molar-refractivity contribution in [2.45, 2.75) is 57.2 Å². The number of nitrogens with one attached hydrogen (secondary N) is 1. The average Bonchev–Trinajstić information content (AvgIpc) is 2.92. The molecule has 0 heterocycles. The van der Waals surface area contributed by atoms with E-state index < -0.39 is 11.9 Å². The van der Waals surface area contributed by atoms with Crippen molar-refractivity contribution in [3.05, 3.63) is 99.4 Å². The van der Waals surface area contributed by atoms with Gasteiger partial charge in [0.05, 0.1) is 0 Å². The lowest BCUT2D eigenvalue weighted by Gasteiger charge is -2.33. The van der Waals surface area contributed by atoms with E-state index in [9.17, 15) is 14.0 Å². The highest BCUT2D eigenvalue weighted by molar-refractivity contribution is 14.1. The molecule has 0 unspecified atom stereocenters. The summed E-state index contributed by atoms with van der Waals surface area (Å²) in [5.41, 5.74) is 1.28.